The van der Waals surface area contributed by atoms with Crippen molar-refractivity contribution in [2.45, 2.75) is 39.3 Å². The number of hydrogen-bond acceptors (Lipinski definition) is 2. The highest BCUT2D eigenvalue weighted by Crippen LogP contribution is 2.19. The minimum atomic E-state index is -0.632. The highest BCUT2D eigenvalue weighted by molar-refractivity contribution is 6.30. The van der Waals surface area contributed by atoms with Crippen LogP contribution >= 0.6 is 11.6 Å². The van der Waals surface area contributed by atoms with Gasteiger partial charge in [0.25, 0.3) is 0 Å². The standard InChI is InChI=1S/C27H29ClN2O2/c1-3-29-27(32)25(17-21-11-5-4-6-12-21)30(19-22-13-9-15-24(28)16-22)26(31)18-23-14-8-7-10-20(23)2/h4-16,25H,3,17-19H2,1-2H3,(H,29,32)/t25-/m1/s1. The molecule has 0 unspecified atom stereocenters. The molecule has 3 aromatic rings. The molecule has 1 atom stereocenters. The maximum absolute atomic E-state index is 13.6. The molecular formula is C27H29ClN2O2. The molecular weight excluding hydrogens is 420 g/mol. The van der Waals surface area contributed by atoms with E-state index in [1.54, 1.807) is 11.0 Å². The Morgan fingerprint density at radius 2 is 1.62 bits per heavy atom. The summed E-state index contributed by atoms with van der Waals surface area (Å²) in [6, 6.07) is 24.4. The Morgan fingerprint density at radius 1 is 0.938 bits per heavy atom. The summed E-state index contributed by atoms with van der Waals surface area (Å²) in [7, 11) is 0. The number of nitrogens with zero attached hydrogens (tertiary/aromatic N) is 1. The molecule has 0 aliphatic heterocycles. The van der Waals surface area contributed by atoms with Crippen LogP contribution in [0.2, 0.25) is 5.02 Å². The molecule has 0 heterocycles. The lowest BCUT2D eigenvalue weighted by Crippen LogP contribution is -2.51. The van der Waals surface area contributed by atoms with Gasteiger partial charge in [-0.2, -0.15) is 0 Å². The van der Waals surface area contributed by atoms with Crippen molar-refractivity contribution in [3.05, 3.63) is 106 Å². The summed E-state index contributed by atoms with van der Waals surface area (Å²) in [4.78, 5) is 28.4. The van der Waals surface area contributed by atoms with Crippen LogP contribution in [0.1, 0.15) is 29.2 Å². The molecule has 0 saturated carbocycles. The Hall–Kier alpha value is -3.11. The first kappa shape index (κ1) is 23.6. The number of benzene rings is 3. The molecule has 3 rings (SSSR count). The molecule has 0 aliphatic carbocycles. The van der Waals surface area contributed by atoms with Gasteiger partial charge in [-0.25, -0.2) is 0 Å². The lowest BCUT2D eigenvalue weighted by molar-refractivity contribution is -0.140. The van der Waals surface area contributed by atoms with Gasteiger partial charge in [-0.05, 0) is 48.2 Å². The van der Waals surface area contributed by atoms with Crippen molar-refractivity contribution in [1.82, 2.24) is 10.2 Å². The van der Waals surface area contributed by atoms with Crippen LogP contribution in [0.3, 0.4) is 0 Å². The number of carbonyl (C=O) groups is 2. The van der Waals surface area contributed by atoms with Crippen molar-refractivity contribution < 1.29 is 9.59 Å². The Morgan fingerprint density at radius 3 is 2.31 bits per heavy atom. The molecule has 2 amide bonds. The molecule has 3 aromatic carbocycles. The second-order valence-electron chi connectivity index (χ2n) is 7.85. The summed E-state index contributed by atoms with van der Waals surface area (Å²) in [6.07, 6.45) is 0.671. The molecule has 0 radical (unpaired) electrons. The van der Waals surface area contributed by atoms with E-state index in [0.717, 1.165) is 22.3 Å². The SMILES string of the molecule is CCNC(=O)[C@@H](Cc1ccccc1)N(Cc1cccc(Cl)c1)C(=O)Cc1ccccc1C. The zero-order valence-corrected chi connectivity index (χ0v) is 19.3. The summed E-state index contributed by atoms with van der Waals surface area (Å²) in [5.74, 6) is -0.247. The zero-order valence-electron chi connectivity index (χ0n) is 18.6. The molecule has 0 saturated heterocycles. The second-order valence-corrected chi connectivity index (χ2v) is 8.29. The zero-order chi connectivity index (χ0) is 22.9. The van der Waals surface area contributed by atoms with Crippen molar-refractivity contribution in [3.63, 3.8) is 0 Å². The average molecular weight is 449 g/mol. The fraction of sp³-hybridized carbons (Fsp3) is 0.259. The third-order valence-electron chi connectivity index (χ3n) is 5.47. The number of nitrogens with one attached hydrogen (secondary N) is 1. The maximum Gasteiger partial charge on any atom is 0.243 e. The van der Waals surface area contributed by atoms with Gasteiger partial charge < -0.3 is 10.2 Å². The van der Waals surface area contributed by atoms with E-state index in [1.165, 1.54) is 0 Å². The number of halogens is 1. The van der Waals surface area contributed by atoms with Crippen molar-refractivity contribution in [1.29, 1.82) is 0 Å². The summed E-state index contributed by atoms with van der Waals surface area (Å²) in [5, 5.41) is 3.52. The van der Waals surface area contributed by atoms with Crippen LogP contribution < -0.4 is 5.32 Å². The number of aryl methyl sites for hydroxylation is 1. The van der Waals surface area contributed by atoms with Crippen molar-refractivity contribution in [3.8, 4) is 0 Å². The minimum Gasteiger partial charge on any atom is -0.355 e. The highest BCUT2D eigenvalue weighted by atomic mass is 35.5. The van der Waals surface area contributed by atoms with Crippen LogP contribution in [0.25, 0.3) is 0 Å². The van der Waals surface area contributed by atoms with Crippen LogP contribution in [-0.4, -0.2) is 29.3 Å². The molecule has 166 valence electrons. The number of hydrogen-bond donors (Lipinski definition) is 1. The van der Waals surface area contributed by atoms with E-state index in [9.17, 15) is 9.59 Å². The van der Waals surface area contributed by atoms with Crippen molar-refractivity contribution in [2.75, 3.05) is 6.54 Å². The van der Waals surface area contributed by atoms with E-state index in [1.807, 2.05) is 86.6 Å². The number of carbonyl (C=O) groups excluding carboxylic acids is 2. The fourth-order valence-corrected chi connectivity index (χ4v) is 3.96. The van der Waals surface area contributed by atoms with Gasteiger partial charge in [-0.1, -0.05) is 78.3 Å². The number of likely N-dealkylation sites (N-methyl/N-ethyl adjacent to an activating group) is 1. The van der Waals surface area contributed by atoms with Gasteiger partial charge in [0, 0.05) is 24.5 Å². The summed E-state index contributed by atoms with van der Waals surface area (Å²) in [5.41, 5.74) is 3.91. The molecule has 4 nitrogen and oxygen atoms in total. The quantitative estimate of drug-likeness (QED) is 0.502. The van der Waals surface area contributed by atoms with E-state index in [-0.39, 0.29) is 18.2 Å². The first-order chi connectivity index (χ1) is 15.5. The predicted octanol–water partition coefficient (Wildman–Crippen LogP) is 4.97. The molecule has 5 heteroatoms. The van der Waals surface area contributed by atoms with Gasteiger partial charge in [-0.3, -0.25) is 9.59 Å². The van der Waals surface area contributed by atoms with Gasteiger partial charge in [0.2, 0.25) is 11.8 Å². The lowest BCUT2D eigenvalue weighted by atomic mass is 10.0. The average Bonchev–Trinajstić information content (AvgIpc) is 2.78. The van der Waals surface area contributed by atoms with Gasteiger partial charge in [-0.15, -0.1) is 0 Å². The largest absolute Gasteiger partial charge is 0.355 e. The third kappa shape index (κ3) is 6.44. The highest BCUT2D eigenvalue weighted by Gasteiger charge is 2.30. The van der Waals surface area contributed by atoms with E-state index in [4.69, 9.17) is 11.6 Å². The summed E-state index contributed by atoms with van der Waals surface area (Å²) in [6.45, 7) is 4.68. The second kappa shape index (κ2) is 11.5. The maximum atomic E-state index is 13.6. The van der Waals surface area contributed by atoms with Crippen molar-refractivity contribution in [2.24, 2.45) is 0 Å². The summed E-state index contributed by atoms with van der Waals surface area (Å²) < 4.78 is 0. The smallest absolute Gasteiger partial charge is 0.243 e. The first-order valence-corrected chi connectivity index (χ1v) is 11.3. The molecule has 0 bridgehead atoms. The topological polar surface area (TPSA) is 49.4 Å². The third-order valence-corrected chi connectivity index (χ3v) is 5.70. The Balaban J connectivity index is 1.96. The van der Waals surface area contributed by atoms with Gasteiger partial charge >= 0.3 is 0 Å². The normalized spacial score (nSPS) is 11.6. The molecule has 0 aromatic heterocycles. The Labute approximate surface area is 195 Å². The summed E-state index contributed by atoms with van der Waals surface area (Å²) >= 11 is 6.20. The first-order valence-electron chi connectivity index (χ1n) is 10.9. The molecule has 0 fully saturated rings. The van der Waals surface area contributed by atoms with Crippen LogP contribution in [0.15, 0.2) is 78.9 Å². The van der Waals surface area contributed by atoms with E-state index >= 15 is 0 Å². The van der Waals surface area contributed by atoms with Gasteiger partial charge in [0.05, 0.1) is 6.42 Å². The van der Waals surface area contributed by atoms with Crippen molar-refractivity contribution >= 4 is 23.4 Å². The van der Waals surface area contributed by atoms with E-state index in [0.29, 0.717) is 24.5 Å². The minimum absolute atomic E-state index is 0.0912. The van der Waals surface area contributed by atoms with E-state index < -0.39 is 6.04 Å². The van der Waals surface area contributed by atoms with Crippen LogP contribution in [0.5, 0.6) is 0 Å². The number of amides is 2. The molecule has 1 N–H and O–H groups in total. The van der Waals surface area contributed by atoms with Crippen LogP contribution in [-0.2, 0) is 29.0 Å². The predicted molar refractivity (Wildman–Crippen MR) is 130 cm³/mol. The molecule has 32 heavy (non-hydrogen) atoms. The Bertz CT molecular complexity index is 1050. The Kier molecular flexibility index (Phi) is 8.46. The number of rotatable bonds is 9. The molecule has 0 spiro atoms. The van der Waals surface area contributed by atoms with Crippen LogP contribution in [0, 0.1) is 6.92 Å². The molecule has 0 aliphatic rings. The lowest BCUT2D eigenvalue weighted by Gasteiger charge is -2.32. The monoisotopic (exact) mass is 448 g/mol. The van der Waals surface area contributed by atoms with E-state index in [2.05, 4.69) is 5.32 Å². The van der Waals surface area contributed by atoms with Gasteiger partial charge in [0.15, 0.2) is 0 Å². The van der Waals surface area contributed by atoms with Crippen LogP contribution in [0.4, 0.5) is 0 Å². The fourth-order valence-electron chi connectivity index (χ4n) is 3.75. The van der Waals surface area contributed by atoms with Gasteiger partial charge in [0.1, 0.15) is 6.04 Å².